The number of carbonyl (C=O) groups excluding carboxylic acids is 1. The number of ether oxygens (including phenoxy) is 1. The smallest absolute Gasteiger partial charge is 0.251 e. The molecule has 3 aromatic rings. The molecule has 0 aromatic heterocycles. The van der Waals surface area contributed by atoms with Crippen molar-refractivity contribution >= 4 is 11.6 Å². The van der Waals surface area contributed by atoms with Gasteiger partial charge in [-0.05, 0) is 53.4 Å². The number of methoxy groups -OCH3 is 1. The molecule has 0 fully saturated rings. The normalized spacial score (nSPS) is 14.3. The predicted octanol–water partition coefficient (Wildman–Crippen LogP) is 4.29. The maximum absolute atomic E-state index is 12.9. The minimum Gasteiger partial charge on any atom is -0.497 e. The molecule has 32 heavy (non-hydrogen) atoms. The van der Waals surface area contributed by atoms with Crippen molar-refractivity contribution in [3.63, 3.8) is 0 Å². The second-order valence-electron chi connectivity index (χ2n) is 8.43. The van der Waals surface area contributed by atoms with Gasteiger partial charge in [-0.25, -0.2) is 0 Å². The third kappa shape index (κ3) is 4.94. The second kappa shape index (κ2) is 9.88. The largest absolute Gasteiger partial charge is 0.497 e. The number of carbonyl (C=O) groups is 1. The number of nitrogens with one attached hydrogen (secondary N) is 1. The van der Waals surface area contributed by atoms with Gasteiger partial charge in [-0.3, -0.25) is 9.69 Å². The Hall–Kier alpha value is -3.31. The van der Waals surface area contributed by atoms with E-state index in [0.717, 1.165) is 25.2 Å². The van der Waals surface area contributed by atoms with Crippen molar-refractivity contribution in [2.24, 2.45) is 0 Å². The lowest BCUT2D eigenvalue weighted by Crippen LogP contribution is -2.40. The molecule has 1 unspecified atom stereocenters. The Bertz CT molecular complexity index is 1060. The summed E-state index contributed by atoms with van der Waals surface area (Å²) in [6.07, 6.45) is 1.02. The third-order valence-electron chi connectivity index (χ3n) is 6.18. The molecule has 0 radical (unpaired) electrons. The Kier molecular flexibility index (Phi) is 6.76. The van der Waals surface area contributed by atoms with Gasteiger partial charge in [0.1, 0.15) is 5.75 Å². The minimum atomic E-state index is -0.0868. The quantitative estimate of drug-likeness (QED) is 0.609. The Morgan fingerprint density at radius 2 is 1.78 bits per heavy atom. The van der Waals surface area contributed by atoms with E-state index in [0.29, 0.717) is 17.9 Å². The molecule has 0 bridgehead atoms. The molecular formula is C27H31N3O2. The first-order chi connectivity index (χ1) is 15.5. The average molecular weight is 430 g/mol. The summed E-state index contributed by atoms with van der Waals surface area (Å²) < 4.78 is 5.27. The van der Waals surface area contributed by atoms with Crippen molar-refractivity contribution in [2.45, 2.75) is 19.0 Å². The Morgan fingerprint density at radius 3 is 2.50 bits per heavy atom. The fraction of sp³-hybridized carbons (Fsp3) is 0.296. The van der Waals surface area contributed by atoms with Crippen molar-refractivity contribution in [1.82, 2.24) is 10.2 Å². The van der Waals surface area contributed by atoms with Crippen LogP contribution in [0.5, 0.6) is 5.75 Å². The summed E-state index contributed by atoms with van der Waals surface area (Å²) in [5, 5.41) is 3.16. The minimum absolute atomic E-state index is 0.0868. The molecule has 1 aliphatic heterocycles. The van der Waals surface area contributed by atoms with Crippen molar-refractivity contribution in [3.05, 3.63) is 95.1 Å². The number of nitrogens with zero attached hydrogens (tertiary/aromatic N) is 2. The highest BCUT2D eigenvalue weighted by molar-refractivity contribution is 5.94. The van der Waals surface area contributed by atoms with E-state index in [1.807, 2.05) is 32.3 Å². The maximum atomic E-state index is 12.9. The fourth-order valence-corrected chi connectivity index (χ4v) is 4.29. The zero-order chi connectivity index (χ0) is 22.5. The molecule has 1 atom stereocenters. The number of amides is 1. The molecule has 166 valence electrons. The standard InChI is InChI=1S/C27H31N3O2/c1-29(2)24-13-11-21(12-14-24)26(30-16-15-20-7-4-5-8-23(20)19-30)18-28-27(31)22-9-6-10-25(17-22)32-3/h4-14,17,26H,15-16,18-19H2,1-3H3,(H,28,31). The number of rotatable bonds is 7. The molecular weight excluding hydrogens is 398 g/mol. The molecule has 0 spiro atoms. The summed E-state index contributed by atoms with van der Waals surface area (Å²) >= 11 is 0. The lowest BCUT2D eigenvalue weighted by Gasteiger charge is -2.36. The van der Waals surface area contributed by atoms with Crippen LogP contribution < -0.4 is 15.0 Å². The zero-order valence-corrected chi connectivity index (χ0v) is 19.0. The van der Waals surface area contributed by atoms with E-state index in [2.05, 4.69) is 63.6 Å². The number of hydrogen-bond donors (Lipinski definition) is 1. The van der Waals surface area contributed by atoms with Crippen LogP contribution >= 0.6 is 0 Å². The van der Waals surface area contributed by atoms with E-state index >= 15 is 0 Å². The van der Waals surface area contributed by atoms with Gasteiger partial charge < -0.3 is 15.0 Å². The highest BCUT2D eigenvalue weighted by Gasteiger charge is 2.25. The van der Waals surface area contributed by atoms with E-state index in [1.54, 1.807) is 13.2 Å². The van der Waals surface area contributed by atoms with Gasteiger partial charge >= 0.3 is 0 Å². The molecule has 1 heterocycles. The molecule has 1 N–H and O–H groups in total. The summed E-state index contributed by atoms with van der Waals surface area (Å²) in [5.74, 6) is 0.595. The van der Waals surface area contributed by atoms with Gasteiger partial charge in [0.25, 0.3) is 5.91 Å². The van der Waals surface area contributed by atoms with Gasteiger partial charge in [0.2, 0.25) is 0 Å². The van der Waals surface area contributed by atoms with Crippen LogP contribution in [0.2, 0.25) is 0 Å². The van der Waals surface area contributed by atoms with Crippen LogP contribution in [-0.4, -0.2) is 45.1 Å². The number of fused-ring (bicyclic) bond motifs is 1. The van der Waals surface area contributed by atoms with Gasteiger partial charge in [0, 0.05) is 45.0 Å². The summed E-state index contributed by atoms with van der Waals surface area (Å²) in [7, 11) is 5.70. The van der Waals surface area contributed by atoms with Crippen LogP contribution in [0.15, 0.2) is 72.8 Å². The summed E-state index contributed by atoms with van der Waals surface area (Å²) in [6.45, 7) is 2.39. The van der Waals surface area contributed by atoms with Crippen LogP contribution in [0.25, 0.3) is 0 Å². The molecule has 0 saturated carbocycles. The van der Waals surface area contributed by atoms with Gasteiger partial charge in [-0.2, -0.15) is 0 Å². The first-order valence-corrected chi connectivity index (χ1v) is 11.1. The average Bonchev–Trinajstić information content (AvgIpc) is 2.84. The zero-order valence-electron chi connectivity index (χ0n) is 19.0. The van der Waals surface area contributed by atoms with E-state index in [1.165, 1.54) is 16.7 Å². The SMILES string of the molecule is COc1cccc(C(=O)NCC(c2ccc(N(C)C)cc2)N2CCc3ccccc3C2)c1. The van der Waals surface area contributed by atoms with Crippen molar-refractivity contribution in [3.8, 4) is 5.75 Å². The van der Waals surface area contributed by atoms with Crippen molar-refractivity contribution in [1.29, 1.82) is 0 Å². The summed E-state index contributed by atoms with van der Waals surface area (Å²) in [4.78, 5) is 17.5. The monoisotopic (exact) mass is 429 g/mol. The van der Waals surface area contributed by atoms with Crippen LogP contribution in [0.3, 0.4) is 0 Å². The van der Waals surface area contributed by atoms with E-state index in [9.17, 15) is 4.79 Å². The van der Waals surface area contributed by atoms with Gasteiger partial charge in [-0.15, -0.1) is 0 Å². The van der Waals surface area contributed by atoms with Crippen LogP contribution in [0.1, 0.15) is 33.1 Å². The summed E-state index contributed by atoms with van der Waals surface area (Å²) in [5.41, 5.74) is 5.77. The third-order valence-corrected chi connectivity index (χ3v) is 6.18. The van der Waals surface area contributed by atoms with Gasteiger partial charge in [-0.1, -0.05) is 42.5 Å². The lowest BCUT2D eigenvalue weighted by atomic mass is 9.96. The molecule has 1 amide bonds. The first-order valence-electron chi connectivity index (χ1n) is 11.1. The highest BCUT2D eigenvalue weighted by Crippen LogP contribution is 2.29. The van der Waals surface area contributed by atoms with E-state index in [-0.39, 0.29) is 11.9 Å². The molecule has 1 aliphatic rings. The number of hydrogen-bond acceptors (Lipinski definition) is 4. The highest BCUT2D eigenvalue weighted by atomic mass is 16.5. The van der Waals surface area contributed by atoms with E-state index < -0.39 is 0 Å². The molecule has 5 nitrogen and oxygen atoms in total. The maximum Gasteiger partial charge on any atom is 0.251 e. The van der Waals surface area contributed by atoms with Crippen LogP contribution in [-0.2, 0) is 13.0 Å². The van der Waals surface area contributed by atoms with Gasteiger partial charge in [0.05, 0.1) is 13.2 Å². The second-order valence-corrected chi connectivity index (χ2v) is 8.43. The topological polar surface area (TPSA) is 44.8 Å². The Labute approximate surface area is 190 Å². The molecule has 0 aliphatic carbocycles. The molecule has 3 aromatic carbocycles. The van der Waals surface area contributed by atoms with E-state index in [4.69, 9.17) is 4.74 Å². The molecule has 4 rings (SSSR count). The predicted molar refractivity (Wildman–Crippen MR) is 129 cm³/mol. The number of anilines is 1. The number of benzene rings is 3. The van der Waals surface area contributed by atoms with Crippen molar-refractivity contribution < 1.29 is 9.53 Å². The molecule has 0 saturated heterocycles. The molecule has 5 heteroatoms. The first kappa shape index (κ1) is 21.9. The lowest BCUT2D eigenvalue weighted by molar-refractivity contribution is 0.0927. The van der Waals surface area contributed by atoms with Crippen molar-refractivity contribution in [2.75, 3.05) is 39.2 Å². The van der Waals surface area contributed by atoms with Crippen LogP contribution in [0.4, 0.5) is 5.69 Å². The summed E-state index contributed by atoms with van der Waals surface area (Å²) in [6, 6.07) is 24.7. The Morgan fingerprint density at radius 1 is 1.03 bits per heavy atom. The fourth-order valence-electron chi connectivity index (χ4n) is 4.29. The van der Waals surface area contributed by atoms with Gasteiger partial charge in [0.15, 0.2) is 0 Å². The van der Waals surface area contributed by atoms with Crippen LogP contribution in [0, 0.1) is 0 Å². The Balaban J connectivity index is 1.55.